The van der Waals surface area contributed by atoms with Crippen LogP contribution in [-0.2, 0) is 28.4 Å². The van der Waals surface area contributed by atoms with Gasteiger partial charge in [-0.3, -0.25) is 0 Å². The predicted molar refractivity (Wildman–Crippen MR) is 82.0 cm³/mol. The molecule has 2 heterocycles. The van der Waals surface area contributed by atoms with Crippen LogP contribution in [0.15, 0.2) is 28.9 Å². The maximum atomic E-state index is 12.7. The zero-order valence-corrected chi connectivity index (χ0v) is 14.1. The molecule has 0 N–H and O–H groups in total. The van der Waals surface area contributed by atoms with Gasteiger partial charge in [0.1, 0.15) is 5.15 Å². The molecule has 116 valence electrons. The van der Waals surface area contributed by atoms with E-state index in [1.807, 2.05) is 17.5 Å². The van der Waals surface area contributed by atoms with Crippen LogP contribution < -0.4 is 0 Å². The first-order chi connectivity index (χ1) is 9.96. The molecule has 0 fully saturated rings. The van der Waals surface area contributed by atoms with E-state index < -0.39 is 10.0 Å². The van der Waals surface area contributed by atoms with Crippen molar-refractivity contribution in [3.8, 4) is 0 Å². The maximum absolute atomic E-state index is 12.7. The molecule has 0 atom stereocenters. The lowest BCUT2D eigenvalue weighted by atomic mass is 10.4. The van der Waals surface area contributed by atoms with Crippen molar-refractivity contribution in [3.05, 3.63) is 33.9 Å². The number of halogens is 1. The third kappa shape index (κ3) is 3.64. The van der Waals surface area contributed by atoms with Gasteiger partial charge in [-0.1, -0.05) is 17.7 Å². The van der Waals surface area contributed by atoms with Crippen molar-refractivity contribution < 1.29 is 13.2 Å². The number of ether oxygens (including phenoxy) is 1. The Bertz CT molecular complexity index is 683. The third-order valence-electron chi connectivity index (χ3n) is 2.88. The average molecular weight is 350 g/mol. The molecule has 0 bridgehead atoms. The average Bonchev–Trinajstić information content (AvgIpc) is 3.06. The summed E-state index contributed by atoms with van der Waals surface area (Å²) in [6.07, 6.45) is 1.38. The van der Waals surface area contributed by atoms with Crippen LogP contribution in [0, 0.1) is 0 Å². The Morgan fingerprint density at radius 2 is 2.29 bits per heavy atom. The van der Waals surface area contributed by atoms with Crippen molar-refractivity contribution >= 4 is 33.0 Å². The van der Waals surface area contributed by atoms with Gasteiger partial charge in [0, 0.05) is 32.1 Å². The SMILES string of the molecule is COCCN(Cc1cccs1)S(=O)(=O)c1ncn(C)c1Cl. The third-order valence-corrected chi connectivity index (χ3v) is 6.07. The van der Waals surface area contributed by atoms with Gasteiger partial charge in [0.2, 0.25) is 5.03 Å². The van der Waals surface area contributed by atoms with E-state index in [1.165, 1.54) is 33.6 Å². The van der Waals surface area contributed by atoms with Crippen LogP contribution in [0.3, 0.4) is 0 Å². The molecule has 0 saturated carbocycles. The Morgan fingerprint density at radius 1 is 1.52 bits per heavy atom. The van der Waals surface area contributed by atoms with Crippen LogP contribution in [0.4, 0.5) is 0 Å². The normalized spacial score (nSPS) is 12.2. The fourth-order valence-corrected chi connectivity index (χ4v) is 4.33. The predicted octanol–water partition coefficient (Wildman–Crippen LogP) is 1.97. The van der Waals surface area contributed by atoms with Crippen molar-refractivity contribution in [2.75, 3.05) is 20.3 Å². The Labute approximate surface area is 133 Å². The molecule has 0 aliphatic carbocycles. The molecule has 0 unspecified atom stereocenters. The van der Waals surface area contributed by atoms with Crippen LogP contribution in [0.1, 0.15) is 4.88 Å². The standard InChI is InChI=1S/C12H16ClN3O3S2/c1-15-9-14-12(11(15)13)21(17,18)16(5-6-19-2)8-10-4-3-7-20-10/h3-4,7,9H,5-6,8H2,1-2H3. The smallest absolute Gasteiger partial charge is 0.264 e. The number of aromatic nitrogens is 2. The summed E-state index contributed by atoms with van der Waals surface area (Å²) in [6.45, 7) is 0.814. The van der Waals surface area contributed by atoms with Crippen LogP contribution in [0.2, 0.25) is 5.15 Å². The molecule has 0 aromatic carbocycles. The Hall–Kier alpha value is -0.930. The summed E-state index contributed by atoms with van der Waals surface area (Å²) in [5.41, 5.74) is 0. The summed E-state index contributed by atoms with van der Waals surface area (Å²) in [4.78, 5) is 4.86. The first kappa shape index (κ1) is 16.4. The van der Waals surface area contributed by atoms with Gasteiger partial charge < -0.3 is 9.30 Å². The van der Waals surface area contributed by atoms with E-state index in [2.05, 4.69) is 4.98 Å². The van der Waals surface area contributed by atoms with Crippen molar-refractivity contribution in [1.82, 2.24) is 13.9 Å². The zero-order valence-electron chi connectivity index (χ0n) is 11.7. The second-order valence-electron chi connectivity index (χ2n) is 4.36. The first-order valence-corrected chi connectivity index (χ1v) is 8.85. The molecular formula is C12H16ClN3O3S2. The Balaban J connectivity index is 2.32. The number of sulfonamides is 1. The summed E-state index contributed by atoms with van der Waals surface area (Å²) in [7, 11) is -0.586. The number of aryl methyl sites for hydroxylation is 1. The van der Waals surface area contributed by atoms with E-state index >= 15 is 0 Å². The molecule has 0 aliphatic rings. The quantitative estimate of drug-likeness (QED) is 0.766. The van der Waals surface area contributed by atoms with E-state index in [4.69, 9.17) is 16.3 Å². The van der Waals surface area contributed by atoms with Crippen LogP contribution in [-0.4, -0.2) is 42.5 Å². The highest BCUT2D eigenvalue weighted by Crippen LogP contribution is 2.24. The van der Waals surface area contributed by atoms with E-state index in [9.17, 15) is 8.42 Å². The number of methoxy groups -OCH3 is 1. The number of nitrogens with zero attached hydrogens (tertiary/aromatic N) is 3. The molecule has 0 spiro atoms. The largest absolute Gasteiger partial charge is 0.383 e. The van der Waals surface area contributed by atoms with Crippen LogP contribution in [0.5, 0.6) is 0 Å². The van der Waals surface area contributed by atoms with Crippen molar-refractivity contribution in [2.24, 2.45) is 7.05 Å². The minimum Gasteiger partial charge on any atom is -0.383 e. The van der Waals surface area contributed by atoms with Gasteiger partial charge in [-0.25, -0.2) is 13.4 Å². The van der Waals surface area contributed by atoms with Crippen molar-refractivity contribution in [3.63, 3.8) is 0 Å². The molecule has 0 saturated heterocycles. The highest BCUT2D eigenvalue weighted by atomic mass is 35.5. The summed E-state index contributed by atoms with van der Waals surface area (Å²) in [6, 6.07) is 3.77. The van der Waals surface area contributed by atoms with Gasteiger partial charge in [0.15, 0.2) is 0 Å². The zero-order chi connectivity index (χ0) is 15.5. The topological polar surface area (TPSA) is 64.4 Å². The van der Waals surface area contributed by atoms with Crippen LogP contribution in [0.25, 0.3) is 0 Å². The number of imidazole rings is 1. The number of thiophene rings is 1. The molecule has 0 aliphatic heterocycles. The molecule has 9 heteroatoms. The highest BCUT2D eigenvalue weighted by molar-refractivity contribution is 7.89. The van der Waals surface area contributed by atoms with Gasteiger partial charge >= 0.3 is 0 Å². The number of hydrogen-bond acceptors (Lipinski definition) is 5. The van der Waals surface area contributed by atoms with E-state index in [0.29, 0.717) is 6.61 Å². The lowest BCUT2D eigenvalue weighted by Crippen LogP contribution is -2.33. The second kappa shape index (κ2) is 6.89. The fraction of sp³-hybridized carbons (Fsp3) is 0.417. The highest BCUT2D eigenvalue weighted by Gasteiger charge is 2.30. The van der Waals surface area contributed by atoms with Gasteiger partial charge in [0.25, 0.3) is 10.0 Å². The van der Waals surface area contributed by atoms with Gasteiger partial charge in [0.05, 0.1) is 12.9 Å². The summed E-state index contributed by atoms with van der Waals surface area (Å²) in [5, 5.41) is 1.88. The van der Waals surface area contributed by atoms with E-state index in [1.54, 1.807) is 7.05 Å². The van der Waals surface area contributed by atoms with E-state index in [-0.39, 0.29) is 23.3 Å². The van der Waals surface area contributed by atoms with Crippen molar-refractivity contribution in [2.45, 2.75) is 11.6 Å². The molecular weight excluding hydrogens is 334 g/mol. The molecule has 2 aromatic rings. The second-order valence-corrected chi connectivity index (χ2v) is 7.61. The molecule has 0 amide bonds. The van der Waals surface area contributed by atoms with Crippen molar-refractivity contribution in [1.29, 1.82) is 0 Å². The monoisotopic (exact) mass is 349 g/mol. The lowest BCUT2D eigenvalue weighted by Gasteiger charge is -2.20. The molecule has 0 radical (unpaired) electrons. The maximum Gasteiger partial charge on any atom is 0.264 e. The van der Waals surface area contributed by atoms with Gasteiger partial charge in [-0.05, 0) is 11.4 Å². The molecule has 2 aromatic heterocycles. The lowest BCUT2D eigenvalue weighted by molar-refractivity contribution is 0.177. The van der Waals surface area contributed by atoms with E-state index in [0.717, 1.165) is 4.88 Å². The van der Waals surface area contributed by atoms with Crippen LogP contribution >= 0.6 is 22.9 Å². The minimum atomic E-state index is -3.76. The number of hydrogen-bond donors (Lipinski definition) is 0. The first-order valence-electron chi connectivity index (χ1n) is 6.15. The molecule has 2 rings (SSSR count). The summed E-state index contributed by atoms with van der Waals surface area (Å²) in [5.74, 6) is 0. The molecule has 6 nitrogen and oxygen atoms in total. The number of rotatable bonds is 7. The summed E-state index contributed by atoms with van der Waals surface area (Å²) >= 11 is 7.52. The fourth-order valence-electron chi connectivity index (χ4n) is 1.74. The van der Waals surface area contributed by atoms with Gasteiger partial charge in [-0.2, -0.15) is 4.31 Å². The van der Waals surface area contributed by atoms with Gasteiger partial charge in [-0.15, -0.1) is 11.3 Å². The Morgan fingerprint density at radius 3 is 2.81 bits per heavy atom. The summed E-state index contributed by atoms with van der Waals surface area (Å²) < 4.78 is 33.2. The molecule has 21 heavy (non-hydrogen) atoms. The minimum absolute atomic E-state index is 0.101. The Kier molecular flexibility index (Phi) is 5.39.